The van der Waals surface area contributed by atoms with Crippen molar-refractivity contribution in [3.63, 3.8) is 0 Å². The standard InChI is InChI=1S/C19H33N3O4/c1-15(23)17(24)21-10-8-19(9-11-21)14-22(18(25)26-19)13-12-20(2)16-6-4-3-5-7-16/h15-16,23H,3-14H2,1-2H3/t15-/m1/s1. The van der Waals surface area contributed by atoms with Crippen LogP contribution < -0.4 is 0 Å². The fourth-order valence-corrected chi connectivity index (χ4v) is 4.51. The normalized spacial score (nSPS) is 25.0. The number of carbonyl (C=O) groups excluding carboxylic acids is 2. The number of hydrogen-bond donors (Lipinski definition) is 1. The van der Waals surface area contributed by atoms with Crippen LogP contribution in [0, 0.1) is 0 Å². The first-order valence-electron chi connectivity index (χ1n) is 10.1. The number of likely N-dealkylation sites (N-methyl/N-ethyl adjacent to an activating group) is 1. The molecule has 0 aromatic rings. The highest BCUT2D eigenvalue weighted by molar-refractivity contribution is 5.80. The summed E-state index contributed by atoms with van der Waals surface area (Å²) in [4.78, 5) is 30.1. The van der Waals surface area contributed by atoms with Crippen LogP contribution in [0.4, 0.5) is 4.79 Å². The van der Waals surface area contributed by atoms with Crippen LogP contribution in [0.3, 0.4) is 0 Å². The van der Waals surface area contributed by atoms with Crippen molar-refractivity contribution in [3.05, 3.63) is 0 Å². The molecule has 1 saturated carbocycles. The lowest BCUT2D eigenvalue weighted by molar-refractivity contribution is -0.142. The maximum atomic E-state index is 12.3. The van der Waals surface area contributed by atoms with E-state index in [1.807, 2.05) is 4.90 Å². The molecule has 3 fully saturated rings. The van der Waals surface area contributed by atoms with Crippen molar-refractivity contribution in [3.8, 4) is 0 Å². The van der Waals surface area contributed by atoms with Gasteiger partial charge in [0.1, 0.15) is 11.7 Å². The average Bonchev–Trinajstić information content (AvgIpc) is 2.95. The molecule has 2 heterocycles. The Kier molecular flexibility index (Phi) is 6.07. The third kappa shape index (κ3) is 4.31. The first kappa shape index (κ1) is 19.4. The number of rotatable bonds is 5. The fourth-order valence-electron chi connectivity index (χ4n) is 4.51. The predicted octanol–water partition coefficient (Wildman–Crippen LogP) is 1.45. The third-order valence-corrected chi connectivity index (χ3v) is 6.31. The summed E-state index contributed by atoms with van der Waals surface area (Å²) in [7, 11) is 2.16. The predicted molar refractivity (Wildman–Crippen MR) is 97.8 cm³/mol. The van der Waals surface area contributed by atoms with E-state index in [-0.39, 0.29) is 12.0 Å². The first-order chi connectivity index (χ1) is 12.4. The molecular formula is C19H33N3O4. The van der Waals surface area contributed by atoms with Gasteiger partial charge in [-0.2, -0.15) is 0 Å². The van der Waals surface area contributed by atoms with Crippen molar-refractivity contribution in [1.82, 2.24) is 14.7 Å². The van der Waals surface area contributed by atoms with Crippen LogP contribution in [-0.4, -0.2) is 89.3 Å². The maximum absolute atomic E-state index is 12.3. The summed E-state index contributed by atoms with van der Waals surface area (Å²) in [5.41, 5.74) is -0.462. The van der Waals surface area contributed by atoms with Crippen LogP contribution in [0.15, 0.2) is 0 Å². The van der Waals surface area contributed by atoms with Gasteiger partial charge in [0.05, 0.1) is 6.54 Å². The SMILES string of the molecule is C[C@@H](O)C(=O)N1CCC2(CC1)CN(CCN(C)C1CCCCC1)C(=O)O2. The molecular weight excluding hydrogens is 334 g/mol. The Bertz CT molecular complexity index is 511. The minimum absolute atomic E-state index is 0.225. The van der Waals surface area contributed by atoms with Gasteiger partial charge in [-0.05, 0) is 26.8 Å². The number of piperidine rings is 1. The van der Waals surface area contributed by atoms with Gasteiger partial charge in [0.25, 0.3) is 5.91 Å². The first-order valence-corrected chi connectivity index (χ1v) is 10.1. The number of hydrogen-bond acceptors (Lipinski definition) is 5. The molecule has 0 unspecified atom stereocenters. The average molecular weight is 367 g/mol. The Morgan fingerprint density at radius 1 is 1.31 bits per heavy atom. The van der Waals surface area contributed by atoms with Crippen LogP contribution in [0.1, 0.15) is 51.9 Å². The van der Waals surface area contributed by atoms with E-state index in [4.69, 9.17) is 4.74 Å². The number of carbonyl (C=O) groups is 2. The van der Waals surface area contributed by atoms with Gasteiger partial charge < -0.3 is 24.5 Å². The van der Waals surface area contributed by atoms with E-state index in [0.717, 1.165) is 6.54 Å². The summed E-state index contributed by atoms with van der Waals surface area (Å²) in [6, 6.07) is 0.644. The van der Waals surface area contributed by atoms with Crippen molar-refractivity contribution in [2.75, 3.05) is 39.8 Å². The molecule has 3 rings (SSSR count). The molecule has 1 aliphatic carbocycles. The molecule has 7 heteroatoms. The number of ether oxygens (including phenoxy) is 1. The quantitative estimate of drug-likeness (QED) is 0.796. The van der Waals surface area contributed by atoms with E-state index in [1.165, 1.54) is 39.0 Å². The van der Waals surface area contributed by atoms with Gasteiger partial charge in [0.15, 0.2) is 0 Å². The monoisotopic (exact) mass is 367 g/mol. The Labute approximate surface area is 156 Å². The summed E-state index contributed by atoms with van der Waals surface area (Å²) < 4.78 is 5.74. The van der Waals surface area contributed by atoms with Crippen molar-refractivity contribution >= 4 is 12.0 Å². The summed E-state index contributed by atoms with van der Waals surface area (Å²) >= 11 is 0. The molecule has 2 saturated heterocycles. The van der Waals surface area contributed by atoms with E-state index in [0.29, 0.717) is 45.1 Å². The molecule has 0 aromatic carbocycles. The van der Waals surface area contributed by atoms with Gasteiger partial charge in [0, 0.05) is 45.1 Å². The van der Waals surface area contributed by atoms with E-state index >= 15 is 0 Å². The lowest BCUT2D eigenvalue weighted by Gasteiger charge is -2.38. The van der Waals surface area contributed by atoms with Crippen molar-refractivity contribution < 1.29 is 19.4 Å². The second-order valence-electron chi connectivity index (χ2n) is 8.25. The topological polar surface area (TPSA) is 73.3 Å². The lowest BCUT2D eigenvalue weighted by Crippen LogP contribution is -2.50. The molecule has 26 heavy (non-hydrogen) atoms. The number of likely N-dealkylation sites (tertiary alicyclic amines) is 1. The summed E-state index contributed by atoms with van der Waals surface area (Å²) in [5, 5.41) is 9.45. The largest absolute Gasteiger partial charge is 0.441 e. The molecule has 1 spiro atoms. The van der Waals surface area contributed by atoms with E-state index in [9.17, 15) is 14.7 Å². The molecule has 148 valence electrons. The van der Waals surface area contributed by atoms with Crippen LogP contribution in [0.25, 0.3) is 0 Å². The van der Waals surface area contributed by atoms with Gasteiger partial charge in [-0.1, -0.05) is 19.3 Å². The zero-order valence-corrected chi connectivity index (χ0v) is 16.2. The lowest BCUT2D eigenvalue weighted by atomic mass is 9.91. The zero-order valence-electron chi connectivity index (χ0n) is 16.2. The number of amides is 2. The minimum atomic E-state index is -0.970. The van der Waals surface area contributed by atoms with Gasteiger partial charge in [0.2, 0.25) is 0 Å². The second kappa shape index (κ2) is 8.13. The van der Waals surface area contributed by atoms with Crippen molar-refractivity contribution in [1.29, 1.82) is 0 Å². The number of nitrogens with zero attached hydrogens (tertiary/aromatic N) is 3. The highest BCUT2D eigenvalue weighted by Gasteiger charge is 2.47. The maximum Gasteiger partial charge on any atom is 0.410 e. The highest BCUT2D eigenvalue weighted by atomic mass is 16.6. The third-order valence-electron chi connectivity index (χ3n) is 6.31. The summed E-state index contributed by atoms with van der Waals surface area (Å²) in [6.07, 6.45) is 6.59. The van der Waals surface area contributed by atoms with Crippen LogP contribution in [-0.2, 0) is 9.53 Å². The molecule has 7 nitrogen and oxygen atoms in total. The Morgan fingerprint density at radius 2 is 1.96 bits per heavy atom. The van der Waals surface area contributed by atoms with Gasteiger partial charge in [-0.15, -0.1) is 0 Å². The minimum Gasteiger partial charge on any atom is -0.441 e. The molecule has 3 aliphatic rings. The van der Waals surface area contributed by atoms with Crippen LogP contribution in [0.2, 0.25) is 0 Å². The molecule has 1 atom stereocenters. The molecule has 0 radical (unpaired) electrons. The number of aliphatic hydroxyl groups excluding tert-OH is 1. The van der Waals surface area contributed by atoms with Crippen LogP contribution >= 0.6 is 0 Å². The van der Waals surface area contributed by atoms with Gasteiger partial charge >= 0.3 is 6.09 Å². The highest BCUT2D eigenvalue weighted by Crippen LogP contribution is 2.33. The van der Waals surface area contributed by atoms with E-state index in [1.54, 1.807) is 4.90 Å². The molecule has 1 N–H and O–H groups in total. The molecule has 0 aromatic heterocycles. The molecule has 2 aliphatic heterocycles. The van der Waals surface area contributed by atoms with E-state index in [2.05, 4.69) is 11.9 Å². The Hall–Kier alpha value is -1.34. The zero-order chi connectivity index (χ0) is 18.7. The Balaban J connectivity index is 1.47. The smallest absolute Gasteiger partial charge is 0.410 e. The molecule has 2 amide bonds. The fraction of sp³-hybridized carbons (Fsp3) is 0.895. The van der Waals surface area contributed by atoms with E-state index < -0.39 is 11.7 Å². The van der Waals surface area contributed by atoms with Crippen LogP contribution in [0.5, 0.6) is 0 Å². The summed E-state index contributed by atoms with van der Waals surface area (Å²) in [5.74, 6) is -0.241. The van der Waals surface area contributed by atoms with Crippen molar-refractivity contribution in [2.24, 2.45) is 0 Å². The number of aliphatic hydroxyl groups is 1. The van der Waals surface area contributed by atoms with Gasteiger partial charge in [-0.3, -0.25) is 4.79 Å². The molecule has 0 bridgehead atoms. The summed E-state index contributed by atoms with van der Waals surface area (Å²) in [6.45, 7) is 4.75. The van der Waals surface area contributed by atoms with Gasteiger partial charge in [-0.25, -0.2) is 4.79 Å². The second-order valence-corrected chi connectivity index (χ2v) is 8.25. The Morgan fingerprint density at radius 3 is 2.58 bits per heavy atom. The van der Waals surface area contributed by atoms with Crippen molar-refractivity contribution in [2.45, 2.75) is 69.6 Å².